The summed E-state index contributed by atoms with van der Waals surface area (Å²) in [5.74, 6) is -0.403. The number of carbonyl (C=O) groups is 2. The van der Waals surface area contributed by atoms with Crippen LogP contribution >= 0.6 is 0 Å². The highest BCUT2D eigenvalue weighted by Crippen LogP contribution is 2.58. The van der Waals surface area contributed by atoms with Gasteiger partial charge in [0.15, 0.2) is 6.29 Å². The lowest BCUT2D eigenvalue weighted by Crippen LogP contribution is -2.59. The largest absolute Gasteiger partial charge is 0.509 e. The van der Waals surface area contributed by atoms with Gasteiger partial charge in [0.05, 0.1) is 0 Å². The third-order valence-electron chi connectivity index (χ3n) is 6.87. The summed E-state index contributed by atoms with van der Waals surface area (Å²) in [7, 11) is 0. The summed E-state index contributed by atoms with van der Waals surface area (Å²) >= 11 is 0. The number of allylic oxidation sites excluding steroid dienone is 1. The van der Waals surface area contributed by atoms with Crippen LogP contribution in [0.1, 0.15) is 73.2 Å². The maximum Gasteiger partial charge on any atom is 0.509 e. The molecular weight excluding hydrogens is 448 g/mol. The monoisotopic (exact) mass is 486 g/mol. The van der Waals surface area contributed by atoms with E-state index in [2.05, 4.69) is 20.4 Å². The number of esters is 1. The molecule has 4 atom stereocenters. The van der Waals surface area contributed by atoms with Gasteiger partial charge in [-0.15, -0.1) is 6.58 Å². The summed E-state index contributed by atoms with van der Waals surface area (Å²) in [5.41, 5.74) is 0.644. The van der Waals surface area contributed by atoms with Crippen LogP contribution in [-0.2, 0) is 28.5 Å². The number of ether oxygens (including phenoxy) is 5. The third-order valence-corrected chi connectivity index (χ3v) is 6.87. The maximum absolute atomic E-state index is 12.7. The summed E-state index contributed by atoms with van der Waals surface area (Å²) in [6.07, 6.45) is 0.117. The summed E-state index contributed by atoms with van der Waals surface area (Å²) < 4.78 is 29.9. The smallest absolute Gasteiger partial charge is 0.463 e. The molecule has 0 unspecified atom stereocenters. The molecule has 1 fully saturated rings. The van der Waals surface area contributed by atoms with Gasteiger partial charge in [0.1, 0.15) is 30.0 Å². The van der Waals surface area contributed by atoms with E-state index in [4.69, 9.17) is 23.7 Å². The first-order valence-corrected chi connectivity index (χ1v) is 12.0. The van der Waals surface area contributed by atoms with Crippen molar-refractivity contribution in [2.75, 3.05) is 6.61 Å². The number of rotatable bonds is 6. The fourth-order valence-electron chi connectivity index (χ4n) is 5.11. The predicted molar refractivity (Wildman–Crippen MR) is 132 cm³/mol. The van der Waals surface area contributed by atoms with Crippen LogP contribution in [-0.4, -0.2) is 42.1 Å². The Morgan fingerprint density at radius 3 is 2.43 bits per heavy atom. The van der Waals surface area contributed by atoms with Crippen LogP contribution in [0.5, 0.6) is 0 Å². The quantitative estimate of drug-likeness (QED) is 0.358. The standard InChI is InChI=1S/C28H38O7/c1-9-13-21-18(2)22(32-25(30)35-26(4,5)6)16-28(27(21,7)8)23(17-31-19(3)29)33-24(34-28)20-14-11-10-12-15-20/h9-12,14-15,22-24H,1,13,16-17H2,2-8H3/t22-,23+,24+,28-/m1/s1. The Hall–Kier alpha value is -2.64. The molecule has 1 saturated heterocycles. The van der Waals surface area contributed by atoms with E-state index in [1.165, 1.54) is 6.92 Å². The van der Waals surface area contributed by atoms with Gasteiger partial charge in [-0.2, -0.15) is 0 Å². The first kappa shape index (κ1) is 27.0. The topological polar surface area (TPSA) is 80.3 Å². The van der Waals surface area contributed by atoms with Crippen molar-refractivity contribution in [1.29, 1.82) is 0 Å². The van der Waals surface area contributed by atoms with Crippen LogP contribution in [0.4, 0.5) is 4.79 Å². The second kappa shape index (κ2) is 10.2. The number of hydrogen-bond donors (Lipinski definition) is 0. The van der Waals surface area contributed by atoms with Crippen molar-refractivity contribution in [2.45, 2.75) is 91.0 Å². The molecule has 1 aromatic rings. The van der Waals surface area contributed by atoms with Gasteiger partial charge >= 0.3 is 12.1 Å². The molecular formula is C28H38O7. The second-order valence-electron chi connectivity index (χ2n) is 10.7. The Bertz CT molecular complexity index is 973. The Labute approximate surface area is 208 Å². The minimum Gasteiger partial charge on any atom is -0.463 e. The molecule has 7 nitrogen and oxygen atoms in total. The van der Waals surface area contributed by atoms with Gasteiger partial charge < -0.3 is 23.7 Å². The van der Waals surface area contributed by atoms with E-state index in [-0.39, 0.29) is 6.61 Å². The second-order valence-corrected chi connectivity index (χ2v) is 10.7. The third kappa shape index (κ3) is 5.62. The Morgan fingerprint density at radius 2 is 1.86 bits per heavy atom. The number of benzene rings is 1. The summed E-state index contributed by atoms with van der Waals surface area (Å²) in [6, 6.07) is 9.63. The average Bonchev–Trinajstić information content (AvgIpc) is 3.13. The highest BCUT2D eigenvalue weighted by Gasteiger charge is 2.63. The van der Waals surface area contributed by atoms with Gasteiger partial charge in [0.25, 0.3) is 0 Å². The van der Waals surface area contributed by atoms with Crippen molar-refractivity contribution in [3.63, 3.8) is 0 Å². The van der Waals surface area contributed by atoms with Crippen LogP contribution in [0.25, 0.3) is 0 Å². The highest BCUT2D eigenvalue weighted by molar-refractivity contribution is 5.66. The minimum absolute atomic E-state index is 0.0155. The van der Waals surface area contributed by atoms with Crippen molar-refractivity contribution >= 4 is 12.1 Å². The van der Waals surface area contributed by atoms with Gasteiger partial charge in [0, 0.05) is 24.3 Å². The van der Waals surface area contributed by atoms with E-state index in [0.29, 0.717) is 12.8 Å². The van der Waals surface area contributed by atoms with E-state index < -0.39 is 47.2 Å². The Morgan fingerprint density at radius 1 is 1.20 bits per heavy atom. The van der Waals surface area contributed by atoms with Crippen LogP contribution in [0.2, 0.25) is 0 Å². The summed E-state index contributed by atoms with van der Waals surface area (Å²) in [5, 5.41) is 0. The van der Waals surface area contributed by atoms with Gasteiger partial charge in [-0.25, -0.2) is 4.79 Å². The van der Waals surface area contributed by atoms with E-state index in [1.807, 2.05) is 43.3 Å². The molecule has 0 radical (unpaired) electrons. The molecule has 0 saturated carbocycles. The molecule has 0 N–H and O–H groups in total. The van der Waals surface area contributed by atoms with Crippen LogP contribution < -0.4 is 0 Å². The maximum atomic E-state index is 12.7. The SMILES string of the molecule is C=CCC1=C(C)[C@H](OC(=O)OC(C)(C)C)C[C@]2(O[C@@H](c3ccccc3)O[C@H]2COC(C)=O)C1(C)C. The molecule has 1 spiro atoms. The predicted octanol–water partition coefficient (Wildman–Crippen LogP) is 6.05. The molecule has 1 aliphatic heterocycles. The Balaban J connectivity index is 2.06. The molecule has 192 valence electrons. The lowest BCUT2D eigenvalue weighted by Gasteiger charge is -2.52. The lowest BCUT2D eigenvalue weighted by atomic mass is 9.59. The van der Waals surface area contributed by atoms with Crippen LogP contribution in [0, 0.1) is 5.41 Å². The van der Waals surface area contributed by atoms with Crippen molar-refractivity contribution in [2.24, 2.45) is 5.41 Å². The summed E-state index contributed by atoms with van der Waals surface area (Å²) in [4.78, 5) is 24.4. The van der Waals surface area contributed by atoms with E-state index in [0.717, 1.165) is 16.7 Å². The highest BCUT2D eigenvalue weighted by atomic mass is 16.8. The van der Waals surface area contributed by atoms with E-state index in [1.54, 1.807) is 20.8 Å². The van der Waals surface area contributed by atoms with Gasteiger partial charge in [-0.05, 0) is 39.7 Å². The van der Waals surface area contributed by atoms with Crippen molar-refractivity contribution in [1.82, 2.24) is 0 Å². The van der Waals surface area contributed by atoms with Gasteiger partial charge in [-0.1, -0.05) is 55.8 Å². The molecule has 7 heteroatoms. The molecule has 1 aromatic carbocycles. The number of hydrogen-bond acceptors (Lipinski definition) is 7. The van der Waals surface area contributed by atoms with E-state index >= 15 is 0 Å². The van der Waals surface area contributed by atoms with Crippen molar-refractivity contribution < 1.29 is 33.3 Å². The first-order chi connectivity index (χ1) is 16.3. The van der Waals surface area contributed by atoms with Crippen LogP contribution in [0.3, 0.4) is 0 Å². The van der Waals surface area contributed by atoms with Crippen LogP contribution in [0.15, 0.2) is 54.1 Å². The zero-order chi connectivity index (χ0) is 26.0. The van der Waals surface area contributed by atoms with Crippen molar-refractivity contribution in [3.8, 4) is 0 Å². The fraction of sp³-hybridized carbons (Fsp3) is 0.571. The lowest BCUT2D eigenvalue weighted by molar-refractivity contribution is -0.155. The number of carbonyl (C=O) groups excluding carboxylic acids is 2. The Kier molecular flexibility index (Phi) is 7.82. The van der Waals surface area contributed by atoms with Gasteiger partial charge in [-0.3, -0.25) is 4.79 Å². The molecule has 2 aliphatic rings. The molecule has 0 aromatic heterocycles. The van der Waals surface area contributed by atoms with E-state index in [9.17, 15) is 9.59 Å². The molecule has 1 heterocycles. The molecule has 35 heavy (non-hydrogen) atoms. The molecule has 0 amide bonds. The zero-order valence-electron chi connectivity index (χ0n) is 21.9. The fourth-order valence-corrected chi connectivity index (χ4v) is 5.11. The average molecular weight is 487 g/mol. The summed E-state index contributed by atoms with van der Waals surface area (Å²) in [6.45, 7) is 16.8. The minimum atomic E-state index is -0.951. The van der Waals surface area contributed by atoms with Crippen molar-refractivity contribution in [3.05, 3.63) is 59.7 Å². The normalized spacial score (nSPS) is 28.0. The first-order valence-electron chi connectivity index (χ1n) is 12.0. The molecule has 0 bridgehead atoms. The van der Waals surface area contributed by atoms with Gasteiger partial charge in [0.2, 0.25) is 0 Å². The molecule has 1 aliphatic carbocycles. The molecule has 3 rings (SSSR count). The zero-order valence-corrected chi connectivity index (χ0v) is 21.9.